The molecule has 0 radical (unpaired) electrons. The molecular formula is C14H21F3N4O. The van der Waals surface area contributed by atoms with Crippen molar-refractivity contribution in [1.29, 1.82) is 0 Å². The van der Waals surface area contributed by atoms with Gasteiger partial charge in [-0.3, -0.25) is 0 Å². The average Bonchev–Trinajstić information content (AvgIpc) is 3.25. The number of rotatable bonds is 8. The molecule has 0 aliphatic heterocycles. The number of alkyl halides is 3. The van der Waals surface area contributed by atoms with Crippen molar-refractivity contribution in [1.82, 2.24) is 9.97 Å². The van der Waals surface area contributed by atoms with Gasteiger partial charge in [0.1, 0.15) is 5.82 Å². The summed E-state index contributed by atoms with van der Waals surface area (Å²) in [6.45, 7) is 1.84. The van der Waals surface area contributed by atoms with Gasteiger partial charge in [0.15, 0.2) is 5.69 Å². The molecule has 1 saturated carbocycles. The van der Waals surface area contributed by atoms with Crippen LogP contribution in [0.5, 0.6) is 0 Å². The Balaban J connectivity index is 1.86. The Morgan fingerprint density at radius 1 is 1.32 bits per heavy atom. The van der Waals surface area contributed by atoms with E-state index >= 15 is 0 Å². The first-order valence-corrected chi connectivity index (χ1v) is 7.31. The van der Waals surface area contributed by atoms with E-state index in [1.165, 1.54) is 17.7 Å². The molecule has 0 atom stereocenters. The van der Waals surface area contributed by atoms with E-state index in [9.17, 15) is 13.2 Å². The molecule has 1 aromatic heterocycles. The molecule has 0 unspecified atom stereocenters. The summed E-state index contributed by atoms with van der Waals surface area (Å²) in [7, 11) is 3.27. The van der Waals surface area contributed by atoms with Gasteiger partial charge in [-0.25, -0.2) is 4.98 Å². The van der Waals surface area contributed by atoms with Crippen LogP contribution in [0.3, 0.4) is 0 Å². The summed E-state index contributed by atoms with van der Waals surface area (Å²) in [6, 6.07) is 0.934. The van der Waals surface area contributed by atoms with Crippen LogP contribution in [0.4, 0.5) is 24.9 Å². The second-order valence-corrected chi connectivity index (χ2v) is 5.63. The molecule has 1 aliphatic rings. The highest BCUT2D eigenvalue weighted by Gasteiger charge is 2.34. The minimum atomic E-state index is -4.49. The summed E-state index contributed by atoms with van der Waals surface area (Å²) in [6.07, 6.45) is -1.31. The smallest absolute Gasteiger partial charge is 0.381 e. The third kappa shape index (κ3) is 5.32. The van der Waals surface area contributed by atoms with E-state index in [4.69, 9.17) is 4.74 Å². The van der Waals surface area contributed by atoms with Gasteiger partial charge in [-0.2, -0.15) is 18.2 Å². The lowest BCUT2D eigenvalue weighted by atomic mass is 10.3. The minimum absolute atomic E-state index is 0.0132. The van der Waals surface area contributed by atoms with Gasteiger partial charge in [-0.05, 0) is 25.2 Å². The molecule has 22 heavy (non-hydrogen) atoms. The molecule has 8 heteroatoms. The largest absolute Gasteiger partial charge is 0.433 e. The standard InChI is InChI=1S/C14H21F3N4O/c1-21(2)12-8-11(14(15,16)17)19-13(20-12)18-6-3-7-22-9-10-4-5-10/h8,10H,3-7,9H2,1-2H3,(H,18,19,20). The number of nitrogens with one attached hydrogen (secondary N) is 1. The summed E-state index contributed by atoms with van der Waals surface area (Å²) < 4.78 is 43.9. The number of halogens is 3. The Morgan fingerprint density at radius 2 is 2.05 bits per heavy atom. The van der Waals surface area contributed by atoms with Crippen molar-refractivity contribution in [2.75, 3.05) is 44.1 Å². The fourth-order valence-corrected chi connectivity index (χ4v) is 1.80. The van der Waals surface area contributed by atoms with Crippen LogP contribution in [0.2, 0.25) is 0 Å². The Morgan fingerprint density at radius 3 is 2.64 bits per heavy atom. The van der Waals surface area contributed by atoms with Gasteiger partial charge < -0.3 is 15.0 Å². The molecule has 0 amide bonds. The van der Waals surface area contributed by atoms with Crippen LogP contribution in [-0.2, 0) is 10.9 Å². The molecule has 0 aromatic carbocycles. The Labute approximate surface area is 127 Å². The first kappa shape index (κ1) is 16.8. The fraction of sp³-hybridized carbons (Fsp3) is 0.714. The molecule has 124 valence electrons. The predicted molar refractivity (Wildman–Crippen MR) is 78.0 cm³/mol. The van der Waals surface area contributed by atoms with E-state index in [2.05, 4.69) is 15.3 Å². The van der Waals surface area contributed by atoms with Gasteiger partial charge in [-0.15, -0.1) is 0 Å². The lowest BCUT2D eigenvalue weighted by Crippen LogP contribution is -2.18. The highest BCUT2D eigenvalue weighted by atomic mass is 19.4. The predicted octanol–water partition coefficient (Wildman–Crippen LogP) is 2.79. The van der Waals surface area contributed by atoms with E-state index in [1.54, 1.807) is 14.1 Å². The zero-order chi connectivity index (χ0) is 16.2. The third-order valence-corrected chi connectivity index (χ3v) is 3.26. The van der Waals surface area contributed by atoms with Crippen LogP contribution >= 0.6 is 0 Å². The van der Waals surface area contributed by atoms with E-state index in [1.807, 2.05) is 0 Å². The summed E-state index contributed by atoms with van der Waals surface area (Å²) in [5.41, 5.74) is -0.946. The van der Waals surface area contributed by atoms with Gasteiger partial charge >= 0.3 is 6.18 Å². The molecule has 5 nitrogen and oxygen atoms in total. The van der Waals surface area contributed by atoms with Gasteiger partial charge in [-0.1, -0.05) is 0 Å². The van der Waals surface area contributed by atoms with Crippen molar-refractivity contribution in [3.05, 3.63) is 11.8 Å². The highest BCUT2D eigenvalue weighted by Crippen LogP contribution is 2.30. The van der Waals surface area contributed by atoms with Crippen LogP contribution in [0.15, 0.2) is 6.07 Å². The average molecular weight is 318 g/mol. The van der Waals surface area contributed by atoms with Crippen LogP contribution in [-0.4, -0.2) is 43.8 Å². The molecule has 1 aliphatic carbocycles. The van der Waals surface area contributed by atoms with Crippen molar-refractivity contribution < 1.29 is 17.9 Å². The first-order chi connectivity index (χ1) is 10.4. The Hall–Kier alpha value is -1.57. The maximum Gasteiger partial charge on any atom is 0.433 e. The zero-order valence-electron chi connectivity index (χ0n) is 12.8. The summed E-state index contributed by atoms with van der Waals surface area (Å²) in [5, 5.41) is 2.83. The highest BCUT2D eigenvalue weighted by molar-refractivity contribution is 5.44. The lowest BCUT2D eigenvalue weighted by Gasteiger charge is -2.16. The summed E-state index contributed by atoms with van der Waals surface area (Å²) in [4.78, 5) is 9.11. The lowest BCUT2D eigenvalue weighted by molar-refractivity contribution is -0.141. The first-order valence-electron chi connectivity index (χ1n) is 7.31. The second kappa shape index (κ2) is 7.13. The summed E-state index contributed by atoms with van der Waals surface area (Å²) in [5.74, 6) is 0.915. The summed E-state index contributed by atoms with van der Waals surface area (Å²) >= 11 is 0. The molecule has 0 saturated heterocycles. The van der Waals surface area contributed by atoms with Crippen LogP contribution < -0.4 is 10.2 Å². The number of aromatic nitrogens is 2. The van der Waals surface area contributed by atoms with Crippen molar-refractivity contribution in [3.8, 4) is 0 Å². The molecule has 0 bridgehead atoms. The number of hydrogen-bond acceptors (Lipinski definition) is 5. The van der Waals surface area contributed by atoms with Crippen molar-refractivity contribution in [2.24, 2.45) is 5.92 Å². The maximum absolute atomic E-state index is 12.8. The number of ether oxygens (including phenoxy) is 1. The molecule has 0 spiro atoms. The van der Waals surface area contributed by atoms with Gasteiger partial charge in [0.25, 0.3) is 0 Å². The van der Waals surface area contributed by atoms with Crippen LogP contribution in [0.25, 0.3) is 0 Å². The molecular weight excluding hydrogens is 297 g/mol. The molecule has 1 fully saturated rings. The Bertz CT molecular complexity index is 489. The molecule has 1 N–H and O–H groups in total. The van der Waals surface area contributed by atoms with E-state index in [-0.39, 0.29) is 11.8 Å². The van der Waals surface area contributed by atoms with Gasteiger partial charge in [0.2, 0.25) is 5.95 Å². The van der Waals surface area contributed by atoms with Crippen molar-refractivity contribution >= 4 is 11.8 Å². The van der Waals surface area contributed by atoms with Crippen LogP contribution in [0, 0.1) is 5.92 Å². The van der Waals surface area contributed by atoms with Crippen molar-refractivity contribution in [2.45, 2.75) is 25.4 Å². The zero-order valence-corrected chi connectivity index (χ0v) is 12.8. The number of nitrogens with zero attached hydrogens (tertiary/aromatic N) is 3. The molecule has 2 rings (SSSR count). The second-order valence-electron chi connectivity index (χ2n) is 5.63. The van der Waals surface area contributed by atoms with Gasteiger partial charge in [0.05, 0.1) is 0 Å². The fourth-order valence-electron chi connectivity index (χ4n) is 1.80. The topological polar surface area (TPSA) is 50.3 Å². The number of anilines is 2. The monoisotopic (exact) mass is 318 g/mol. The van der Waals surface area contributed by atoms with Crippen LogP contribution in [0.1, 0.15) is 25.0 Å². The van der Waals surface area contributed by atoms with Crippen molar-refractivity contribution in [3.63, 3.8) is 0 Å². The van der Waals surface area contributed by atoms with E-state index in [0.29, 0.717) is 25.5 Å². The normalized spacial score (nSPS) is 15.0. The third-order valence-electron chi connectivity index (χ3n) is 3.26. The number of hydrogen-bond donors (Lipinski definition) is 1. The quantitative estimate of drug-likeness (QED) is 0.747. The van der Waals surface area contributed by atoms with E-state index < -0.39 is 11.9 Å². The van der Waals surface area contributed by atoms with Gasteiger partial charge in [0, 0.05) is 39.9 Å². The maximum atomic E-state index is 12.8. The molecule has 1 aromatic rings. The SMILES string of the molecule is CN(C)c1cc(C(F)(F)F)nc(NCCCOCC2CC2)n1. The minimum Gasteiger partial charge on any atom is -0.381 e. The van der Waals surface area contributed by atoms with E-state index in [0.717, 1.165) is 12.7 Å². The Kier molecular flexibility index (Phi) is 5.44. The molecule has 1 heterocycles.